The predicted molar refractivity (Wildman–Crippen MR) is 123 cm³/mol. The quantitative estimate of drug-likeness (QED) is 0.632. The molecule has 9 heteroatoms. The van der Waals surface area contributed by atoms with Crippen molar-refractivity contribution in [2.75, 3.05) is 16.2 Å². The van der Waals surface area contributed by atoms with E-state index in [0.717, 1.165) is 45.6 Å². The summed E-state index contributed by atoms with van der Waals surface area (Å²) < 4.78 is 31.1. The monoisotopic (exact) mass is 457 g/mol. The molecular weight excluding hydrogens is 434 g/mol. The zero-order valence-corrected chi connectivity index (χ0v) is 18.9. The number of benzene rings is 2. The Hall–Kier alpha value is -2.65. The molecule has 1 saturated carbocycles. The molecule has 0 spiro atoms. The van der Waals surface area contributed by atoms with E-state index in [9.17, 15) is 18.0 Å². The summed E-state index contributed by atoms with van der Waals surface area (Å²) in [5.41, 5.74) is 2.90. The number of hydrogen-bond donors (Lipinski definition) is 1. The van der Waals surface area contributed by atoms with Gasteiger partial charge in [0.05, 0.1) is 20.8 Å². The van der Waals surface area contributed by atoms with Gasteiger partial charge in [0.15, 0.2) is 0 Å². The highest BCUT2D eigenvalue weighted by Gasteiger charge is 2.36. The fourth-order valence-electron chi connectivity index (χ4n) is 4.13. The van der Waals surface area contributed by atoms with E-state index in [0.29, 0.717) is 18.7 Å². The van der Waals surface area contributed by atoms with Gasteiger partial charge in [-0.1, -0.05) is 11.3 Å². The first kappa shape index (κ1) is 20.3. The average molecular weight is 458 g/mol. The van der Waals surface area contributed by atoms with Gasteiger partial charge in [0, 0.05) is 24.2 Å². The molecule has 1 aliphatic carbocycles. The van der Waals surface area contributed by atoms with Crippen LogP contribution in [-0.4, -0.2) is 25.4 Å². The Kier molecular flexibility index (Phi) is 4.71. The number of fused-ring (bicyclic) bond motifs is 2. The zero-order chi connectivity index (χ0) is 21.9. The molecule has 162 valence electrons. The number of nitrogens with one attached hydrogen (secondary N) is 1. The van der Waals surface area contributed by atoms with Crippen LogP contribution in [0, 0.1) is 5.92 Å². The highest BCUT2D eigenvalue weighted by molar-refractivity contribution is 7.92. The fourth-order valence-corrected chi connectivity index (χ4v) is 6.28. The van der Waals surface area contributed by atoms with Crippen LogP contribution in [-0.2, 0) is 21.2 Å². The van der Waals surface area contributed by atoms with Crippen molar-refractivity contribution in [1.29, 1.82) is 0 Å². The van der Waals surface area contributed by atoms with Crippen LogP contribution in [0.2, 0.25) is 0 Å². The molecule has 1 amide bonds. The van der Waals surface area contributed by atoms with E-state index in [1.165, 1.54) is 0 Å². The van der Waals surface area contributed by atoms with E-state index in [-0.39, 0.29) is 27.6 Å². The van der Waals surface area contributed by atoms with Crippen LogP contribution in [0.4, 0.5) is 11.4 Å². The van der Waals surface area contributed by atoms with E-state index in [4.69, 9.17) is 0 Å². The van der Waals surface area contributed by atoms with Crippen LogP contribution < -0.4 is 14.5 Å². The highest BCUT2D eigenvalue weighted by Crippen LogP contribution is 2.37. The highest BCUT2D eigenvalue weighted by atomic mass is 32.2. The van der Waals surface area contributed by atoms with Crippen molar-refractivity contribution in [3.8, 4) is 0 Å². The first-order chi connectivity index (χ1) is 14.7. The molecule has 31 heavy (non-hydrogen) atoms. The van der Waals surface area contributed by atoms with Crippen LogP contribution in [0.5, 0.6) is 0 Å². The molecule has 2 heterocycles. The van der Waals surface area contributed by atoms with Gasteiger partial charge in [-0.05, 0) is 75.1 Å². The van der Waals surface area contributed by atoms with Gasteiger partial charge in [-0.2, -0.15) is 0 Å². The van der Waals surface area contributed by atoms with E-state index >= 15 is 0 Å². The van der Waals surface area contributed by atoms with Crippen molar-refractivity contribution < 1.29 is 13.2 Å². The number of amides is 1. The summed E-state index contributed by atoms with van der Waals surface area (Å²) >= 11 is 1.10. The molecule has 0 bridgehead atoms. The molecule has 2 aliphatic rings. The number of sulfonamides is 1. The number of rotatable bonds is 5. The average Bonchev–Trinajstić information content (AvgIpc) is 3.39. The molecule has 5 rings (SSSR count). The van der Waals surface area contributed by atoms with E-state index < -0.39 is 10.0 Å². The molecule has 0 saturated heterocycles. The van der Waals surface area contributed by atoms with E-state index in [2.05, 4.69) is 4.72 Å². The maximum absolute atomic E-state index is 13.0. The van der Waals surface area contributed by atoms with Crippen LogP contribution in [0.1, 0.15) is 38.3 Å². The van der Waals surface area contributed by atoms with Gasteiger partial charge in [-0.25, -0.2) is 8.42 Å². The van der Waals surface area contributed by atoms with Gasteiger partial charge < -0.3 is 4.90 Å². The van der Waals surface area contributed by atoms with Crippen LogP contribution >= 0.6 is 11.3 Å². The van der Waals surface area contributed by atoms with Crippen LogP contribution in [0.3, 0.4) is 0 Å². The summed E-state index contributed by atoms with van der Waals surface area (Å²) in [6.45, 7) is 4.48. The number of aromatic nitrogens is 1. The Morgan fingerprint density at radius 3 is 2.65 bits per heavy atom. The zero-order valence-electron chi connectivity index (χ0n) is 17.3. The molecule has 0 radical (unpaired) electrons. The molecular formula is C22H23N3O4S2. The topological polar surface area (TPSA) is 88.5 Å². The number of carbonyl (C=O) groups is 1. The summed E-state index contributed by atoms with van der Waals surface area (Å²) in [6, 6.07) is 10.1. The first-order valence-corrected chi connectivity index (χ1v) is 12.7. The maximum Gasteiger partial charge on any atom is 0.308 e. The van der Waals surface area contributed by atoms with Gasteiger partial charge in [0.1, 0.15) is 0 Å². The lowest BCUT2D eigenvalue weighted by atomic mass is 10.2. The summed E-state index contributed by atoms with van der Waals surface area (Å²) in [5.74, 6) is 0.278. The summed E-state index contributed by atoms with van der Waals surface area (Å²) in [5, 5.41) is 0. The molecule has 3 aromatic rings. The molecule has 0 atom stereocenters. The number of anilines is 2. The summed E-state index contributed by atoms with van der Waals surface area (Å²) in [7, 11) is -3.80. The lowest BCUT2D eigenvalue weighted by Gasteiger charge is -2.17. The minimum absolute atomic E-state index is 0.0292. The Labute approximate surface area is 184 Å². The van der Waals surface area contributed by atoms with E-state index in [1.54, 1.807) is 45.9 Å². The van der Waals surface area contributed by atoms with Gasteiger partial charge in [-0.3, -0.25) is 18.9 Å². The van der Waals surface area contributed by atoms with Crippen molar-refractivity contribution in [2.45, 2.75) is 44.0 Å². The minimum atomic E-state index is -3.80. The normalized spacial score (nSPS) is 16.2. The second kappa shape index (κ2) is 7.20. The number of thiazole rings is 1. The van der Waals surface area contributed by atoms with Crippen LogP contribution in [0.25, 0.3) is 10.2 Å². The van der Waals surface area contributed by atoms with Crippen molar-refractivity contribution >= 4 is 48.9 Å². The van der Waals surface area contributed by atoms with Gasteiger partial charge >= 0.3 is 4.87 Å². The Morgan fingerprint density at radius 1 is 1.16 bits per heavy atom. The number of hydrogen-bond acceptors (Lipinski definition) is 5. The lowest BCUT2D eigenvalue weighted by Crippen LogP contribution is -2.30. The molecule has 1 N–H and O–H groups in total. The first-order valence-electron chi connectivity index (χ1n) is 10.4. The van der Waals surface area contributed by atoms with Crippen LogP contribution in [0.15, 0.2) is 46.1 Å². The Balaban J connectivity index is 1.42. The maximum atomic E-state index is 13.0. The lowest BCUT2D eigenvalue weighted by molar-refractivity contribution is -0.119. The van der Waals surface area contributed by atoms with Gasteiger partial charge in [0.25, 0.3) is 10.0 Å². The van der Waals surface area contributed by atoms with E-state index in [1.807, 2.05) is 13.8 Å². The van der Waals surface area contributed by atoms with Gasteiger partial charge in [-0.15, -0.1) is 0 Å². The smallest absolute Gasteiger partial charge is 0.308 e. The van der Waals surface area contributed by atoms with Crippen molar-refractivity contribution in [2.24, 2.45) is 5.92 Å². The van der Waals surface area contributed by atoms with Crippen molar-refractivity contribution in [1.82, 2.24) is 4.57 Å². The minimum Gasteiger partial charge on any atom is -0.312 e. The predicted octanol–water partition coefficient (Wildman–Crippen LogP) is 3.74. The molecule has 2 aromatic carbocycles. The van der Waals surface area contributed by atoms with Gasteiger partial charge in [0.2, 0.25) is 5.91 Å². The molecule has 1 aliphatic heterocycles. The molecule has 1 aromatic heterocycles. The second-order valence-corrected chi connectivity index (χ2v) is 11.1. The fraction of sp³-hybridized carbons (Fsp3) is 0.364. The third-order valence-corrected chi connectivity index (χ3v) is 8.13. The second-order valence-electron chi connectivity index (χ2n) is 8.42. The van der Waals surface area contributed by atoms with Crippen molar-refractivity contribution in [3.05, 3.63) is 51.6 Å². The summed E-state index contributed by atoms with van der Waals surface area (Å²) in [6.07, 6.45) is 2.54. The third-order valence-electron chi connectivity index (χ3n) is 5.83. The SMILES string of the molecule is CC(C)n1c(=O)sc2cc(NS(=O)(=O)c3ccc4c(c3)CCN4C(=O)C3CC3)ccc21. The Morgan fingerprint density at radius 2 is 1.94 bits per heavy atom. The Bertz CT molecular complexity index is 1370. The summed E-state index contributed by atoms with van der Waals surface area (Å²) in [4.78, 5) is 26.6. The number of nitrogens with zero attached hydrogens (tertiary/aromatic N) is 2. The largest absolute Gasteiger partial charge is 0.312 e. The number of carbonyl (C=O) groups excluding carboxylic acids is 1. The standard InChI is InChI=1S/C22H23N3O4S2/c1-13(2)25-19-7-5-16(12-20(19)30-22(25)27)23-31(28,29)17-6-8-18-15(11-17)9-10-24(18)21(26)14-3-4-14/h5-8,11-14,23H,3-4,9-10H2,1-2H3. The molecule has 0 unspecified atom stereocenters. The molecule has 1 fully saturated rings. The van der Waals surface area contributed by atoms with Crippen molar-refractivity contribution in [3.63, 3.8) is 0 Å². The third kappa shape index (κ3) is 3.55. The molecule has 7 nitrogen and oxygen atoms in total.